The van der Waals surface area contributed by atoms with Gasteiger partial charge >= 0.3 is 0 Å². The van der Waals surface area contributed by atoms with Gasteiger partial charge in [-0.15, -0.1) is 0 Å². The van der Waals surface area contributed by atoms with Crippen molar-refractivity contribution in [2.24, 2.45) is 5.41 Å². The van der Waals surface area contributed by atoms with Crippen LogP contribution in [0.15, 0.2) is 24.3 Å². The summed E-state index contributed by atoms with van der Waals surface area (Å²) in [5.74, 6) is 0.931. The molecule has 1 fully saturated rings. The van der Waals surface area contributed by atoms with E-state index < -0.39 is 0 Å². The molecule has 0 unspecified atom stereocenters. The lowest BCUT2D eigenvalue weighted by Gasteiger charge is -2.40. The Morgan fingerprint density at radius 1 is 1.32 bits per heavy atom. The third kappa shape index (κ3) is 3.41. The molecule has 1 N–H and O–H groups in total. The van der Waals surface area contributed by atoms with Crippen LogP contribution < -0.4 is 15.0 Å². The van der Waals surface area contributed by atoms with Crippen LogP contribution in [0.3, 0.4) is 0 Å². The van der Waals surface area contributed by atoms with E-state index in [1.807, 2.05) is 6.07 Å². The predicted octanol–water partition coefficient (Wildman–Crippen LogP) is 2.91. The monoisotopic (exact) mass is 262 g/mol. The number of hydrogen-bond donors (Lipinski definition) is 1. The van der Waals surface area contributed by atoms with Crippen molar-refractivity contribution in [2.45, 2.75) is 26.2 Å². The largest absolute Gasteiger partial charge is 0.497 e. The van der Waals surface area contributed by atoms with Crippen molar-refractivity contribution in [1.82, 2.24) is 5.32 Å². The van der Waals surface area contributed by atoms with E-state index in [9.17, 15) is 0 Å². The maximum Gasteiger partial charge on any atom is 0.120 e. The van der Waals surface area contributed by atoms with E-state index in [-0.39, 0.29) is 0 Å². The molecule has 0 saturated carbocycles. The normalized spacial score (nSPS) is 18.1. The fourth-order valence-corrected chi connectivity index (χ4v) is 3.02. The Morgan fingerprint density at radius 2 is 2.05 bits per heavy atom. The van der Waals surface area contributed by atoms with Crippen molar-refractivity contribution in [3.8, 4) is 5.75 Å². The zero-order valence-electron chi connectivity index (χ0n) is 12.4. The molecule has 3 heteroatoms. The van der Waals surface area contributed by atoms with Crippen LogP contribution in [-0.2, 0) is 0 Å². The number of hydrogen-bond acceptors (Lipinski definition) is 3. The lowest BCUT2D eigenvalue weighted by Crippen LogP contribution is -2.43. The molecule has 1 heterocycles. The van der Waals surface area contributed by atoms with Crippen LogP contribution in [0.5, 0.6) is 5.75 Å². The first-order valence-electron chi connectivity index (χ1n) is 7.25. The number of rotatable bonds is 5. The molecule has 0 atom stereocenters. The third-order valence-electron chi connectivity index (χ3n) is 4.48. The molecule has 0 amide bonds. The van der Waals surface area contributed by atoms with Crippen LogP contribution in [0.25, 0.3) is 0 Å². The van der Waals surface area contributed by atoms with Gasteiger partial charge < -0.3 is 15.0 Å². The Hall–Kier alpha value is -1.22. The highest BCUT2D eigenvalue weighted by atomic mass is 16.5. The lowest BCUT2D eigenvalue weighted by molar-refractivity contribution is 0.200. The number of ether oxygens (including phenoxy) is 1. The van der Waals surface area contributed by atoms with E-state index in [1.165, 1.54) is 24.9 Å². The number of benzene rings is 1. The summed E-state index contributed by atoms with van der Waals surface area (Å²) in [6.45, 7) is 5.75. The van der Waals surface area contributed by atoms with Crippen LogP contribution in [0.4, 0.5) is 5.69 Å². The zero-order chi connectivity index (χ0) is 13.7. The third-order valence-corrected chi connectivity index (χ3v) is 4.48. The molecular weight excluding hydrogens is 236 g/mol. The first-order chi connectivity index (χ1) is 9.19. The van der Waals surface area contributed by atoms with Crippen molar-refractivity contribution in [1.29, 1.82) is 0 Å². The summed E-state index contributed by atoms with van der Waals surface area (Å²) in [5, 5.41) is 3.47. The molecular formula is C16H26N2O. The van der Waals surface area contributed by atoms with Gasteiger partial charge in [0.05, 0.1) is 7.11 Å². The summed E-state index contributed by atoms with van der Waals surface area (Å²) in [6.07, 6.45) is 3.80. The van der Waals surface area contributed by atoms with Crippen LogP contribution in [0.1, 0.15) is 26.2 Å². The van der Waals surface area contributed by atoms with E-state index in [0.29, 0.717) is 5.41 Å². The Labute approximate surface area is 116 Å². The summed E-state index contributed by atoms with van der Waals surface area (Å²) >= 11 is 0. The van der Waals surface area contributed by atoms with E-state index in [4.69, 9.17) is 4.74 Å². The molecule has 1 aromatic carbocycles. The fourth-order valence-electron chi connectivity index (χ4n) is 3.02. The van der Waals surface area contributed by atoms with Crippen molar-refractivity contribution < 1.29 is 4.74 Å². The minimum absolute atomic E-state index is 0.461. The quantitative estimate of drug-likeness (QED) is 0.883. The summed E-state index contributed by atoms with van der Waals surface area (Å²) in [7, 11) is 3.91. The van der Waals surface area contributed by atoms with Crippen molar-refractivity contribution >= 4 is 5.69 Å². The van der Waals surface area contributed by atoms with Gasteiger partial charge in [0.15, 0.2) is 0 Å². The average molecular weight is 262 g/mol. The molecule has 0 aromatic heterocycles. The van der Waals surface area contributed by atoms with Gasteiger partial charge in [0.2, 0.25) is 0 Å². The van der Waals surface area contributed by atoms with Crippen LogP contribution in [-0.4, -0.2) is 33.8 Å². The molecule has 0 aliphatic carbocycles. The van der Waals surface area contributed by atoms with Crippen LogP contribution >= 0.6 is 0 Å². The molecule has 19 heavy (non-hydrogen) atoms. The number of methoxy groups -OCH3 is 1. The smallest absolute Gasteiger partial charge is 0.120 e. The van der Waals surface area contributed by atoms with E-state index >= 15 is 0 Å². The fraction of sp³-hybridized carbons (Fsp3) is 0.625. The standard InChI is InChI=1S/C16H26N2O/c1-4-16(8-10-17-11-9-16)13-18(2)14-6-5-7-15(12-14)19-3/h5-7,12,17H,4,8-11,13H2,1-3H3. The Kier molecular flexibility index (Phi) is 4.70. The van der Waals surface area contributed by atoms with Gasteiger partial charge in [0, 0.05) is 25.3 Å². The summed E-state index contributed by atoms with van der Waals surface area (Å²) in [6, 6.07) is 8.33. The Morgan fingerprint density at radius 3 is 2.68 bits per heavy atom. The summed E-state index contributed by atoms with van der Waals surface area (Å²) < 4.78 is 5.31. The second kappa shape index (κ2) is 6.29. The van der Waals surface area contributed by atoms with Gasteiger partial charge in [0.25, 0.3) is 0 Å². The molecule has 106 valence electrons. The Bertz CT molecular complexity index is 399. The van der Waals surface area contributed by atoms with Crippen molar-refractivity contribution in [2.75, 3.05) is 38.7 Å². The molecule has 1 aliphatic heterocycles. The molecule has 0 bridgehead atoms. The molecule has 1 aromatic rings. The number of piperidine rings is 1. The molecule has 0 radical (unpaired) electrons. The number of nitrogens with one attached hydrogen (secondary N) is 1. The maximum absolute atomic E-state index is 5.31. The number of anilines is 1. The highest BCUT2D eigenvalue weighted by Crippen LogP contribution is 2.34. The van der Waals surface area contributed by atoms with E-state index in [0.717, 1.165) is 25.4 Å². The molecule has 3 nitrogen and oxygen atoms in total. The summed E-state index contributed by atoms with van der Waals surface area (Å²) in [4.78, 5) is 2.37. The number of nitrogens with zero attached hydrogens (tertiary/aromatic N) is 1. The highest BCUT2D eigenvalue weighted by molar-refractivity contribution is 5.50. The van der Waals surface area contributed by atoms with Gasteiger partial charge in [-0.05, 0) is 49.9 Å². The molecule has 2 rings (SSSR count). The van der Waals surface area contributed by atoms with Gasteiger partial charge in [-0.1, -0.05) is 13.0 Å². The van der Waals surface area contributed by atoms with Gasteiger partial charge in [-0.2, -0.15) is 0 Å². The predicted molar refractivity (Wildman–Crippen MR) is 81.1 cm³/mol. The SMILES string of the molecule is CCC1(CN(C)c2cccc(OC)c2)CCNCC1. The van der Waals surface area contributed by atoms with Gasteiger partial charge in [0.1, 0.15) is 5.75 Å². The maximum atomic E-state index is 5.31. The summed E-state index contributed by atoms with van der Waals surface area (Å²) in [5.41, 5.74) is 1.70. The highest BCUT2D eigenvalue weighted by Gasteiger charge is 2.31. The molecule has 1 aliphatic rings. The van der Waals surface area contributed by atoms with Crippen LogP contribution in [0.2, 0.25) is 0 Å². The first-order valence-corrected chi connectivity index (χ1v) is 7.25. The topological polar surface area (TPSA) is 24.5 Å². The first kappa shape index (κ1) is 14.2. The minimum Gasteiger partial charge on any atom is -0.497 e. The molecule has 0 spiro atoms. The van der Waals surface area contributed by atoms with Crippen molar-refractivity contribution in [3.05, 3.63) is 24.3 Å². The van der Waals surface area contributed by atoms with Crippen LogP contribution in [0, 0.1) is 5.41 Å². The lowest BCUT2D eigenvalue weighted by atomic mass is 9.76. The minimum atomic E-state index is 0.461. The Balaban J connectivity index is 2.07. The second-order valence-electron chi connectivity index (χ2n) is 5.66. The van der Waals surface area contributed by atoms with E-state index in [1.54, 1.807) is 7.11 Å². The molecule has 1 saturated heterocycles. The van der Waals surface area contributed by atoms with Crippen molar-refractivity contribution in [3.63, 3.8) is 0 Å². The second-order valence-corrected chi connectivity index (χ2v) is 5.66. The van der Waals surface area contributed by atoms with Gasteiger partial charge in [-0.3, -0.25) is 0 Å². The van der Waals surface area contributed by atoms with Gasteiger partial charge in [-0.25, -0.2) is 0 Å². The van der Waals surface area contributed by atoms with E-state index in [2.05, 4.69) is 42.4 Å². The average Bonchev–Trinajstić information content (AvgIpc) is 2.48. The zero-order valence-corrected chi connectivity index (χ0v) is 12.4.